The van der Waals surface area contributed by atoms with Gasteiger partial charge in [-0.25, -0.2) is 21.6 Å². The molecule has 0 unspecified atom stereocenters. The van der Waals surface area contributed by atoms with Crippen molar-refractivity contribution in [1.29, 1.82) is 0 Å². The molecule has 0 amide bonds. The van der Waals surface area contributed by atoms with Gasteiger partial charge in [0.05, 0.1) is 18.6 Å². The average molecular weight is 392 g/mol. The molecule has 0 heterocycles. The molecule has 1 aliphatic carbocycles. The largest absolute Gasteiger partial charge is 0.497 e. The smallest absolute Gasteiger partial charge is 0.242 e. The molecular weight excluding hydrogens is 366 g/mol. The number of nitrogens with two attached hydrogens (primary N) is 1. The molecule has 8 nitrogen and oxygen atoms in total. The molecule has 142 valence electrons. The van der Waals surface area contributed by atoms with Crippen LogP contribution in [0.25, 0.3) is 0 Å². The Bertz CT molecular complexity index is 800. The molecule has 0 aromatic heterocycles. The third-order valence-electron chi connectivity index (χ3n) is 4.22. The van der Waals surface area contributed by atoms with E-state index in [0.717, 1.165) is 12.8 Å². The number of sulfonamides is 2. The van der Waals surface area contributed by atoms with Crippen molar-refractivity contribution >= 4 is 25.7 Å². The van der Waals surface area contributed by atoms with Gasteiger partial charge in [-0.3, -0.25) is 4.72 Å². The summed E-state index contributed by atoms with van der Waals surface area (Å²) in [7, 11) is -6.10. The van der Waals surface area contributed by atoms with E-state index in [0.29, 0.717) is 18.6 Å². The zero-order valence-electron chi connectivity index (χ0n) is 14.4. The maximum atomic E-state index is 12.8. The zero-order chi connectivity index (χ0) is 18.7. The van der Waals surface area contributed by atoms with Gasteiger partial charge in [-0.05, 0) is 44.7 Å². The van der Waals surface area contributed by atoms with Crippen LogP contribution in [-0.2, 0) is 20.0 Å². The third-order valence-corrected chi connectivity index (χ3v) is 7.09. The Morgan fingerprint density at radius 1 is 1.16 bits per heavy atom. The van der Waals surface area contributed by atoms with Gasteiger partial charge in [0, 0.05) is 18.2 Å². The Kier molecular flexibility index (Phi) is 6.30. The summed E-state index contributed by atoms with van der Waals surface area (Å²) in [6, 6.07) is 4.08. The van der Waals surface area contributed by atoms with Crippen molar-refractivity contribution in [1.82, 2.24) is 4.72 Å². The Balaban J connectivity index is 2.32. The van der Waals surface area contributed by atoms with Gasteiger partial charge in [0.15, 0.2) is 0 Å². The summed E-state index contributed by atoms with van der Waals surface area (Å²) in [6.45, 7) is 1.47. The molecule has 0 radical (unpaired) electrons. The highest BCUT2D eigenvalue weighted by Crippen LogP contribution is 2.28. The van der Waals surface area contributed by atoms with Crippen molar-refractivity contribution in [3.63, 3.8) is 0 Å². The van der Waals surface area contributed by atoms with E-state index in [2.05, 4.69) is 9.44 Å². The number of anilines is 1. The van der Waals surface area contributed by atoms with Crippen LogP contribution in [0.3, 0.4) is 0 Å². The van der Waals surface area contributed by atoms with Crippen LogP contribution in [0.1, 0.15) is 32.6 Å². The molecule has 4 N–H and O–H groups in total. The van der Waals surface area contributed by atoms with Gasteiger partial charge in [-0.2, -0.15) is 0 Å². The summed E-state index contributed by atoms with van der Waals surface area (Å²) in [5.74, 6) is 0.189. The van der Waals surface area contributed by atoms with Crippen molar-refractivity contribution in [3.05, 3.63) is 18.2 Å². The molecule has 0 bridgehead atoms. The molecule has 10 heteroatoms. The number of methoxy groups -OCH3 is 1. The number of rotatable bonds is 7. The minimum Gasteiger partial charge on any atom is -0.497 e. The van der Waals surface area contributed by atoms with E-state index in [1.807, 2.05) is 0 Å². The fourth-order valence-electron chi connectivity index (χ4n) is 2.71. The molecule has 0 spiro atoms. The van der Waals surface area contributed by atoms with Crippen molar-refractivity contribution < 1.29 is 21.6 Å². The monoisotopic (exact) mass is 391 g/mol. The molecule has 2 rings (SSSR count). The average Bonchev–Trinajstić information content (AvgIpc) is 2.56. The van der Waals surface area contributed by atoms with Gasteiger partial charge in [0.2, 0.25) is 20.0 Å². The molecule has 0 aliphatic heterocycles. The minimum atomic E-state index is -3.89. The van der Waals surface area contributed by atoms with E-state index < -0.39 is 20.0 Å². The first-order valence-electron chi connectivity index (χ1n) is 8.13. The van der Waals surface area contributed by atoms with Crippen molar-refractivity contribution in [2.45, 2.75) is 49.6 Å². The topological polar surface area (TPSA) is 128 Å². The Labute approximate surface area is 149 Å². The van der Waals surface area contributed by atoms with E-state index in [1.165, 1.54) is 32.2 Å². The molecule has 0 atom stereocenters. The van der Waals surface area contributed by atoms with Gasteiger partial charge < -0.3 is 10.5 Å². The van der Waals surface area contributed by atoms with Crippen LogP contribution >= 0.6 is 0 Å². The summed E-state index contributed by atoms with van der Waals surface area (Å²) >= 11 is 0. The lowest BCUT2D eigenvalue weighted by molar-refractivity contribution is 0.373. The Morgan fingerprint density at radius 2 is 1.80 bits per heavy atom. The standard InChI is InChI=1S/C15H25N3O5S2/c1-3-24(19,20)18-14-10-13(23-2)8-9-15(14)25(21,22)17-12-6-4-11(16)5-7-12/h8-12,17-18H,3-7,16H2,1-2H3. The number of ether oxygens (including phenoxy) is 1. The fraction of sp³-hybridized carbons (Fsp3) is 0.600. The number of hydrogen-bond acceptors (Lipinski definition) is 6. The van der Waals surface area contributed by atoms with Crippen LogP contribution in [0.4, 0.5) is 5.69 Å². The SMILES string of the molecule is CCS(=O)(=O)Nc1cc(OC)ccc1S(=O)(=O)NC1CCC(N)CC1. The highest BCUT2D eigenvalue weighted by molar-refractivity contribution is 7.93. The first kappa shape index (κ1) is 20.0. The number of benzene rings is 1. The fourth-order valence-corrected chi connectivity index (χ4v) is 4.87. The molecule has 1 saturated carbocycles. The summed E-state index contributed by atoms with van der Waals surface area (Å²) in [5.41, 5.74) is 5.82. The van der Waals surface area contributed by atoms with Crippen LogP contribution in [0, 0.1) is 0 Å². The van der Waals surface area contributed by atoms with Crippen molar-refractivity contribution in [3.8, 4) is 5.75 Å². The van der Waals surface area contributed by atoms with E-state index in [-0.39, 0.29) is 28.4 Å². The third kappa shape index (κ3) is 5.30. The van der Waals surface area contributed by atoms with Crippen LogP contribution < -0.4 is 19.9 Å². The van der Waals surface area contributed by atoms with E-state index >= 15 is 0 Å². The second-order valence-corrected chi connectivity index (χ2v) is 9.79. The van der Waals surface area contributed by atoms with Crippen molar-refractivity contribution in [2.75, 3.05) is 17.6 Å². The summed E-state index contributed by atoms with van der Waals surface area (Å²) in [5, 5.41) is 0. The maximum Gasteiger partial charge on any atom is 0.242 e. The maximum absolute atomic E-state index is 12.8. The highest BCUT2D eigenvalue weighted by atomic mass is 32.2. The predicted octanol–water partition coefficient (Wildman–Crippen LogP) is 1.01. The first-order chi connectivity index (χ1) is 11.7. The van der Waals surface area contributed by atoms with Gasteiger partial charge in [0.1, 0.15) is 10.6 Å². The second-order valence-electron chi connectivity index (χ2n) is 6.10. The van der Waals surface area contributed by atoms with E-state index in [4.69, 9.17) is 10.5 Å². The highest BCUT2D eigenvalue weighted by Gasteiger charge is 2.27. The summed E-state index contributed by atoms with van der Waals surface area (Å²) < 4.78 is 59.3. The summed E-state index contributed by atoms with van der Waals surface area (Å²) in [4.78, 5) is -0.125. The summed E-state index contributed by atoms with van der Waals surface area (Å²) in [6.07, 6.45) is 2.83. The quantitative estimate of drug-likeness (QED) is 0.636. The van der Waals surface area contributed by atoms with Crippen molar-refractivity contribution in [2.24, 2.45) is 5.73 Å². The Morgan fingerprint density at radius 3 is 2.36 bits per heavy atom. The van der Waals surface area contributed by atoms with Gasteiger partial charge in [-0.15, -0.1) is 0 Å². The molecule has 25 heavy (non-hydrogen) atoms. The second kappa shape index (κ2) is 7.90. The lowest BCUT2D eigenvalue weighted by Crippen LogP contribution is -2.40. The molecule has 1 fully saturated rings. The first-order valence-corrected chi connectivity index (χ1v) is 11.3. The van der Waals surface area contributed by atoms with E-state index in [1.54, 1.807) is 0 Å². The lowest BCUT2D eigenvalue weighted by Gasteiger charge is -2.27. The van der Waals surface area contributed by atoms with Gasteiger partial charge >= 0.3 is 0 Å². The minimum absolute atomic E-state index is 0.0267. The number of hydrogen-bond donors (Lipinski definition) is 3. The predicted molar refractivity (Wildman–Crippen MR) is 96.6 cm³/mol. The van der Waals surface area contributed by atoms with Crippen LogP contribution in [0.15, 0.2) is 23.1 Å². The molecular formula is C15H25N3O5S2. The number of nitrogens with one attached hydrogen (secondary N) is 2. The zero-order valence-corrected chi connectivity index (χ0v) is 16.0. The van der Waals surface area contributed by atoms with E-state index in [9.17, 15) is 16.8 Å². The van der Waals surface area contributed by atoms with Crippen LogP contribution in [0.5, 0.6) is 5.75 Å². The van der Waals surface area contributed by atoms with Gasteiger partial charge in [0.25, 0.3) is 0 Å². The normalized spacial score (nSPS) is 21.7. The van der Waals surface area contributed by atoms with Crippen LogP contribution in [-0.4, -0.2) is 41.8 Å². The molecule has 0 saturated heterocycles. The molecule has 1 aliphatic rings. The molecule has 1 aromatic rings. The van der Waals surface area contributed by atoms with Gasteiger partial charge in [-0.1, -0.05) is 0 Å². The lowest BCUT2D eigenvalue weighted by atomic mass is 9.93. The molecule has 1 aromatic carbocycles. The van der Waals surface area contributed by atoms with Crippen LogP contribution in [0.2, 0.25) is 0 Å². The Hall–Kier alpha value is -1.36.